The summed E-state index contributed by atoms with van der Waals surface area (Å²) in [5.41, 5.74) is 8.66. The molecule has 0 heterocycles. The monoisotopic (exact) mass is 284 g/mol. The highest BCUT2D eigenvalue weighted by atomic mass is 16.5. The van der Waals surface area contributed by atoms with Gasteiger partial charge in [0.2, 0.25) is 5.91 Å². The molecule has 2 rings (SSSR count). The van der Waals surface area contributed by atoms with Gasteiger partial charge in [-0.15, -0.1) is 0 Å². The molecule has 0 saturated heterocycles. The number of hydrogen-bond donors (Lipinski definition) is 2. The summed E-state index contributed by atoms with van der Waals surface area (Å²) in [6.45, 7) is 1.02. The highest BCUT2D eigenvalue weighted by molar-refractivity contribution is 5.78. The zero-order valence-electron chi connectivity index (χ0n) is 12.1. The van der Waals surface area contributed by atoms with E-state index in [1.807, 2.05) is 48.5 Å². The molecule has 0 fully saturated rings. The molecule has 1 amide bonds. The standard InChI is InChI=1S/C17H20N2O2/c1-21-16-7-3-4-13(9-16)10-17(20)19-12-15-6-2-5-14(8-15)11-18/h2-9H,10-12,18H2,1H3,(H,19,20). The van der Waals surface area contributed by atoms with Gasteiger partial charge < -0.3 is 15.8 Å². The van der Waals surface area contributed by atoms with Gasteiger partial charge in [0.15, 0.2) is 0 Å². The number of methoxy groups -OCH3 is 1. The van der Waals surface area contributed by atoms with Gasteiger partial charge in [-0.2, -0.15) is 0 Å². The number of nitrogens with one attached hydrogen (secondary N) is 1. The normalized spacial score (nSPS) is 10.2. The Morgan fingerprint density at radius 3 is 2.57 bits per heavy atom. The summed E-state index contributed by atoms with van der Waals surface area (Å²) in [5, 5.41) is 2.92. The van der Waals surface area contributed by atoms with Crippen LogP contribution >= 0.6 is 0 Å². The van der Waals surface area contributed by atoms with E-state index in [2.05, 4.69) is 5.32 Å². The number of carbonyl (C=O) groups is 1. The minimum absolute atomic E-state index is 0.0126. The number of nitrogens with two attached hydrogens (primary N) is 1. The highest BCUT2D eigenvalue weighted by Gasteiger charge is 2.04. The molecule has 0 spiro atoms. The van der Waals surface area contributed by atoms with Gasteiger partial charge >= 0.3 is 0 Å². The SMILES string of the molecule is COc1cccc(CC(=O)NCc2cccc(CN)c2)c1. The van der Waals surface area contributed by atoms with E-state index in [1.54, 1.807) is 7.11 Å². The first kappa shape index (κ1) is 15.1. The zero-order chi connectivity index (χ0) is 15.1. The van der Waals surface area contributed by atoms with Crippen molar-refractivity contribution in [2.45, 2.75) is 19.5 Å². The molecule has 0 aromatic heterocycles. The Hall–Kier alpha value is -2.33. The molecule has 2 aromatic carbocycles. The molecule has 0 aliphatic carbocycles. The number of carbonyl (C=O) groups excluding carboxylic acids is 1. The Morgan fingerprint density at radius 2 is 1.81 bits per heavy atom. The molecule has 0 radical (unpaired) electrons. The lowest BCUT2D eigenvalue weighted by Crippen LogP contribution is -2.24. The second kappa shape index (κ2) is 7.45. The van der Waals surface area contributed by atoms with E-state index >= 15 is 0 Å². The van der Waals surface area contributed by atoms with Crippen molar-refractivity contribution in [1.82, 2.24) is 5.32 Å². The third kappa shape index (κ3) is 4.61. The molecule has 0 aliphatic rings. The predicted molar refractivity (Wildman–Crippen MR) is 82.9 cm³/mol. The molecule has 4 nitrogen and oxygen atoms in total. The number of benzene rings is 2. The smallest absolute Gasteiger partial charge is 0.224 e. The van der Waals surface area contributed by atoms with Gasteiger partial charge in [-0.25, -0.2) is 0 Å². The number of hydrogen-bond acceptors (Lipinski definition) is 3. The fourth-order valence-electron chi connectivity index (χ4n) is 2.10. The van der Waals surface area contributed by atoms with Crippen LogP contribution in [0.3, 0.4) is 0 Å². The second-order valence-corrected chi connectivity index (χ2v) is 4.83. The molecule has 2 aromatic rings. The molecule has 110 valence electrons. The lowest BCUT2D eigenvalue weighted by molar-refractivity contribution is -0.120. The molecular formula is C17H20N2O2. The summed E-state index contributed by atoms with van der Waals surface area (Å²) < 4.78 is 5.15. The predicted octanol–water partition coefficient (Wildman–Crippen LogP) is 2.01. The summed E-state index contributed by atoms with van der Waals surface area (Å²) in [6.07, 6.45) is 0.341. The van der Waals surface area contributed by atoms with Crippen LogP contribution in [0.2, 0.25) is 0 Å². The molecule has 3 N–H and O–H groups in total. The average molecular weight is 284 g/mol. The van der Waals surface area contributed by atoms with E-state index in [-0.39, 0.29) is 5.91 Å². The van der Waals surface area contributed by atoms with Crippen LogP contribution in [0.4, 0.5) is 0 Å². The minimum Gasteiger partial charge on any atom is -0.497 e. The Kier molecular flexibility index (Phi) is 5.35. The van der Waals surface area contributed by atoms with E-state index in [1.165, 1.54) is 0 Å². The van der Waals surface area contributed by atoms with Gasteiger partial charge in [-0.3, -0.25) is 4.79 Å². The summed E-state index contributed by atoms with van der Waals surface area (Å²) in [7, 11) is 1.61. The third-order valence-corrected chi connectivity index (χ3v) is 3.22. The van der Waals surface area contributed by atoms with Gasteiger partial charge in [0.25, 0.3) is 0 Å². The van der Waals surface area contributed by atoms with E-state index in [4.69, 9.17) is 10.5 Å². The van der Waals surface area contributed by atoms with Gasteiger partial charge in [0.1, 0.15) is 5.75 Å². The fraction of sp³-hybridized carbons (Fsp3) is 0.235. The van der Waals surface area contributed by atoms with E-state index in [9.17, 15) is 4.79 Å². The highest BCUT2D eigenvalue weighted by Crippen LogP contribution is 2.13. The molecule has 0 aliphatic heterocycles. The van der Waals surface area contributed by atoms with Gasteiger partial charge in [-0.05, 0) is 28.8 Å². The Balaban J connectivity index is 1.89. The second-order valence-electron chi connectivity index (χ2n) is 4.83. The van der Waals surface area contributed by atoms with E-state index in [0.29, 0.717) is 19.5 Å². The van der Waals surface area contributed by atoms with Crippen LogP contribution in [0.5, 0.6) is 5.75 Å². The van der Waals surface area contributed by atoms with Gasteiger partial charge in [0.05, 0.1) is 13.5 Å². The summed E-state index contributed by atoms with van der Waals surface area (Å²) in [6, 6.07) is 15.4. The van der Waals surface area contributed by atoms with E-state index in [0.717, 1.165) is 22.4 Å². The molecule has 4 heteroatoms. The van der Waals surface area contributed by atoms with Crippen molar-refractivity contribution in [3.05, 3.63) is 65.2 Å². The number of rotatable bonds is 6. The minimum atomic E-state index is -0.0126. The molecule has 21 heavy (non-hydrogen) atoms. The van der Waals surface area contributed by atoms with Crippen LogP contribution in [0.25, 0.3) is 0 Å². The maximum Gasteiger partial charge on any atom is 0.224 e. The number of ether oxygens (including phenoxy) is 1. The van der Waals surface area contributed by atoms with Crippen LogP contribution in [0, 0.1) is 0 Å². The first-order valence-corrected chi connectivity index (χ1v) is 6.89. The summed E-state index contributed by atoms with van der Waals surface area (Å²) in [4.78, 5) is 12.0. The lowest BCUT2D eigenvalue weighted by Gasteiger charge is -2.08. The van der Waals surface area contributed by atoms with Crippen molar-refractivity contribution in [3.63, 3.8) is 0 Å². The Bertz CT molecular complexity index is 611. The van der Waals surface area contributed by atoms with Crippen molar-refractivity contribution in [1.29, 1.82) is 0 Å². The molecule has 0 saturated carbocycles. The topological polar surface area (TPSA) is 64.3 Å². The average Bonchev–Trinajstić information content (AvgIpc) is 2.53. The van der Waals surface area contributed by atoms with Crippen molar-refractivity contribution in [2.24, 2.45) is 5.73 Å². The van der Waals surface area contributed by atoms with Crippen molar-refractivity contribution < 1.29 is 9.53 Å². The summed E-state index contributed by atoms with van der Waals surface area (Å²) >= 11 is 0. The van der Waals surface area contributed by atoms with Crippen LogP contribution < -0.4 is 15.8 Å². The third-order valence-electron chi connectivity index (χ3n) is 3.22. The largest absolute Gasteiger partial charge is 0.497 e. The number of amides is 1. The molecule has 0 atom stereocenters. The Morgan fingerprint density at radius 1 is 1.10 bits per heavy atom. The first-order chi connectivity index (χ1) is 10.2. The van der Waals surface area contributed by atoms with Gasteiger partial charge in [0, 0.05) is 13.1 Å². The molecule has 0 unspecified atom stereocenters. The van der Waals surface area contributed by atoms with Crippen LogP contribution in [-0.2, 0) is 24.3 Å². The van der Waals surface area contributed by atoms with Crippen LogP contribution in [0.15, 0.2) is 48.5 Å². The quantitative estimate of drug-likeness (QED) is 0.853. The van der Waals surface area contributed by atoms with Crippen LogP contribution in [0.1, 0.15) is 16.7 Å². The Labute approximate surface area is 124 Å². The van der Waals surface area contributed by atoms with E-state index < -0.39 is 0 Å². The summed E-state index contributed by atoms with van der Waals surface area (Å²) in [5.74, 6) is 0.748. The molecular weight excluding hydrogens is 264 g/mol. The zero-order valence-corrected chi connectivity index (χ0v) is 12.1. The first-order valence-electron chi connectivity index (χ1n) is 6.89. The van der Waals surface area contributed by atoms with Crippen molar-refractivity contribution in [3.8, 4) is 5.75 Å². The van der Waals surface area contributed by atoms with Crippen molar-refractivity contribution >= 4 is 5.91 Å². The molecule has 0 bridgehead atoms. The fourth-order valence-corrected chi connectivity index (χ4v) is 2.10. The van der Waals surface area contributed by atoms with Crippen LogP contribution in [-0.4, -0.2) is 13.0 Å². The maximum atomic E-state index is 12.0. The van der Waals surface area contributed by atoms with Gasteiger partial charge in [-0.1, -0.05) is 36.4 Å². The maximum absolute atomic E-state index is 12.0. The van der Waals surface area contributed by atoms with Crippen molar-refractivity contribution in [2.75, 3.05) is 7.11 Å². The lowest BCUT2D eigenvalue weighted by atomic mass is 10.1.